The third-order valence-corrected chi connectivity index (χ3v) is 4.19. The number of halogens is 1. The SMILES string of the molecule is Nc1c(S(N)(=O)=O)cc(S(N)(=O)=O)c(N)c1Cl. The molecule has 0 radical (unpaired) electrons. The zero-order chi connectivity index (χ0) is 13.6. The van der Waals surface area contributed by atoms with Crippen LogP contribution in [-0.4, -0.2) is 16.8 Å². The Balaban J connectivity index is 3.88. The monoisotopic (exact) mass is 300 g/mol. The summed E-state index contributed by atoms with van der Waals surface area (Å²) in [4.78, 5) is -1.30. The zero-order valence-corrected chi connectivity index (χ0v) is 10.6. The van der Waals surface area contributed by atoms with Crippen LogP contribution >= 0.6 is 11.6 Å². The molecule has 96 valence electrons. The van der Waals surface area contributed by atoms with E-state index in [9.17, 15) is 16.8 Å². The number of hydrogen-bond acceptors (Lipinski definition) is 6. The molecule has 0 atom stereocenters. The maximum atomic E-state index is 11.2. The molecule has 0 bridgehead atoms. The van der Waals surface area contributed by atoms with Gasteiger partial charge in [0.2, 0.25) is 20.0 Å². The molecule has 11 heteroatoms. The van der Waals surface area contributed by atoms with E-state index in [0.717, 1.165) is 0 Å². The van der Waals surface area contributed by atoms with Crippen molar-refractivity contribution in [1.82, 2.24) is 0 Å². The van der Waals surface area contributed by atoms with E-state index < -0.39 is 46.2 Å². The maximum absolute atomic E-state index is 11.2. The lowest BCUT2D eigenvalue weighted by molar-refractivity contribution is 0.596. The minimum atomic E-state index is -4.24. The molecule has 0 aliphatic rings. The molecule has 1 aromatic rings. The van der Waals surface area contributed by atoms with Gasteiger partial charge in [-0.3, -0.25) is 0 Å². The fourth-order valence-corrected chi connectivity index (χ4v) is 2.88. The zero-order valence-electron chi connectivity index (χ0n) is 8.21. The number of sulfonamides is 2. The number of nitrogens with two attached hydrogens (primary N) is 4. The van der Waals surface area contributed by atoms with Crippen LogP contribution in [0.25, 0.3) is 0 Å². The van der Waals surface area contributed by atoms with Gasteiger partial charge in [-0.25, -0.2) is 27.1 Å². The largest absolute Gasteiger partial charge is 0.396 e. The summed E-state index contributed by atoms with van der Waals surface area (Å²) in [6, 6.07) is 0.668. The highest BCUT2D eigenvalue weighted by Crippen LogP contribution is 2.36. The van der Waals surface area contributed by atoms with E-state index in [0.29, 0.717) is 6.07 Å². The van der Waals surface area contributed by atoms with Gasteiger partial charge in [0, 0.05) is 0 Å². The first-order valence-corrected chi connectivity index (χ1v) is 7.36. The van der Waals surface area contributed by atoms with Crippen molar-refractivity contribution >= 4 is 43.0 Å². The fraction of sp³-hybridized carbons (Fsp3) is 0. The fourth-order valence-electron chi connectivity index (χ4n) is 1.11. The average Bonchev–Trinajstić information content (AvgIpc) is 2.10. The van der Waals surface area contributed by atoms with Crippen molar-refractivity contribution in [2.45, 2.75) is 9.79 Å². The van der Waals surface area contributed by atoms with Crippen LogP contribution in [0.1, 0.15) is 0 Å². The van der Waals surface area contributed by atoms with Crippen molar-refractivity contribution in [3.8, 4) is 0 Å². The van der Waals surface area contributed by atoms with Crippen molar-refractivity contribution in [1.29, 1.82) is 0 Å². The molecule has 0 unspecified atom stereocenters. The molecular formula is C6H9ClN4O4S2. The Morgan fingerprint density at radius 3 is 1.41 bits per heavy atom. The van der Waals surface area contributed by atoms with Crippen LogP contribution in [0.2, 0.25) is 5.02 Å². The summed E-state index contributed by atoms with van der Waals surface area (Å²) < 4.78 is 44.6. The minimum absolute atomic E-state index is 0.430. The predicted molar refractivity (Wildman–Crippen MR) is 63.0 cm³/mol. The molecule has 0 saturated heterocycles. The van der Waals surface area contributed by atoms with Gasteiger partial charge in [0.1, 0.15) is 9.79 Å². The molecular weight excluding hydrogens is 292 g/mol. The summed E-state index contributed by atoms with van der Waals surface area (Å²) >= 11 is 5.61. The molecule has 1 rings (SSSR count). The van der Waals surface area contributed by atoms with E-state index in [4.69, 9.17) is 33.3 Å². The van der Waals surface area contributed by atoms with Crippen LogP contribution in [-0.2, 0) is 20.0 Å². The van der Waals surface area contributed by atoms with Gasteiger partial charge < -0.3 is 11.5 Å². The molecule has 17 heavy (non-hydrogen) atoms. The first kappa shape index (κ1) is 14.0. The van der Waals surface area contributed by atoms with Crippen LogP contribution in [0.15, 0.2) is 15.9 Å². The van der Waals surface area contributed by atoms with E-state index >= 15 is 0 Å². The summed E-state index contributed by atoms with van der Waals surface area (Å²) in [6.07, 6.45) is 0. The lowest BCUT2D eigenvalue weighted by Crippen LogP contribution is -2.19. The van der Waals surface area contributed by atoms with Gasteiger partial charge >= 0.3 is 0 Å². The van der Waals surface area contributed by atoms with Crippen LogP contribution in [0, 0.1) is 0 Å². The summed E-state index contributed by atoms with van der Waals surface area (Å²) in [6.45, 7) is 0. The highest BCUT2D eigenvalue weighted by molar-refractivity contribution is 7.90. The summed E-state index contributed by atoms with van der Waals surface area (Å²) in [5.41, 5.74) is 9.89. The van der Waals surface area contributed by atoms with Gasteiger partial charge in [-0.1, -0.05) is 11.6 Å². The van der Waals surface area contributed by atoms with Gasteiger partial charge in [-0.15, -0.1) is 0 Å². The average molecular weight is 301 g/mol. The van der Waals surface area contributed by atoms with Gasteiger partial charge in [0.05, 0.1) is 16.4 Å². The molecule has 0 spiro atoms. The van der Waals surface area contributed by atoms with Crippen molar-refractivity contribution in [3.63, 3.8) is 0 Å². The number of rotatable bonds is 2. The summed E-state index contributed by atoms with van der Waals surface area (Å²) in [5, 5.41) is 9.26. The maximum Gasteiger partial charge on any atom is 0.240 e. The van der Waals surface area contributed by atoms with E-state index in [2.05, 4.69) is 0 Å². The van der Waals surface area contributed by atoms with Crippen LogP contribution in [0.3, 0.4) is 0 Å². The molecule has 0 heterocycles. The standard InChI is InChI=1S/C6H9ClN4O4S2/c7-4-5(8)2(16(10,12)13)1-3(6(4)9)17(11,14)15/h1H,8-9H2,(H2,10,12,13)(H2,11,14,15). The molecule has 0 saturated carbocycles. The van der Waals surface area contributed by atoms with E-state index in [1.54, 1.807) is 0 Å². The molecule has 8 N–H and O–H groups in total. The Bertz CT molecular complexity index is 626. The molecule has 0 fully saturated rings. The highest BCUT2D eigenvalue weighted by Gasteiger charge is 2.24. The predicted octanol–water partition coefficient (Wildman–Crippen LogP) is -1.20. The molecule has 0 aliphatic carbocycles. The quantitative estimate of drug-likeness (QED) is 0.499. The van der Waals surface area contributed by atoms with Crippen molar-refractivity contribution < 1.29 is 16.8 Å². The van der Waals surface area contributed by atoms with Crippen molar-refractivity contribution in [3.05, 3.63) is 11.1 Å². The van der Waals surface area contributed by atoms with Crippen LogP contribution in [0.4, 0.5) is 11.4 Å². The first-order valence-electron chi connectivity index (χ1n) is 3.89. The van der Waals surface area contributed by atoms with E-state index in [-0.39, 0.29) is 0 Å². The first-order chi connectivity index (χ1) is 7.46. The second kappa shape index (κ2) is 3.99. The third kappa shape index (κ3) is 2.61. The van der Waals surface area contributed by atoms with Crippen molar-refractivity contribution in [2.24, 2.45) is 10.3 Å². The van der Waals surface area contributed by atoms with Crippen molar-refractivity contribution in [2.75, 3.05) is 11.5 Å². The second-order valence-electron chi connectivity index (χ2n) is 3.10. The molecule has 8 nitrogen and oxygen atoms in total. The Labute approximate surface area is 103 Å². The third-order valence-electron chi connectivity index (χ3n) is 1.88. The summed E-state index contributed by atoms with van der Waals surface area (Å²) in [5.74, 6) is 0. The number of anilines is 2. The minimum Gasteiger partial charge on any atom is -0.396 e. The van der Waals surface area contributed by atoms with Gasteiger partial charge in [-0.05, 0) is 6.07 Å². The number of hydrogen-bond donors (Lipinski definition) is 4. The molecule has 0 aliphatic heterocycles. The van der Waals surface area contributed by atoms with Crippen LogP contribution in [0.5, 0.6) is 0 Å². The topological polar surface area (TPSA) is 172 Å². The summed E-state index contributed by atoms with van der Waals surface area (Å²) in [7, 11) is -8.48. The normalized spacial score (nSPS) is 12.6. The Hall–Kier alpha value is -1.07. The van der Waals surface area contributed by atoms with E-state index in [1.807, 2.05) is 0 Å². The van der Waals surface area contributed by atoms with E-state index in [1.165, 1.54) is 0 Å². The molecule has 1 aromatic carbocycles. The Kier molecular flexibility index (Phi) is 3.29. The molecule has 0 amide bonds. The number of nitrogen functional groups attached to an aromatic ring is 2. The second-order valence-corrected chi connectivity index (χ2v) is 6.54. The smallest absolute Gasteiger partial charge is 0.240 e. The lowest BCUT2D eigenvalue weighted by atomic mass is 10.3. The highest BCUT2D eigenvalue weighted by atomic mass is 35.5. The van der Waals surface area contributed by atoms with Gasteiger partial charge in [0.15, 0.2) is 0 Å². The lowest BCUT2D eigenvalue weighted by Gasteiger charge is -2.11. The molecule has 0 aromatic heterocycles. The Morgan fingerprint density at radius 2 is 1.18 bits per heavy atom. The van der Waals surface area contributed by atoms with Crippen LogP contribution < -0.4 is 21.7 Å². The Morgan fingerprint density at radius 1 is 0.882 bits per heavy atom. The number of benzene rings is 1. The van der Waals surface area contributed by atoms with Gasteiger partial charge in [-0.2, -0.15) is 0 Å². The number of primary sulfonamides is 2. The van der Waals surface area contributed by atoms with Gasteiger partial charge in [0.25, 0.3) is 0 Å².